The SMILES string of the molecule is CCC[C@H]1N(C(=O)c2cnccc2C(F)(F)F)CCC[C@@]1(Oc1csc(C(F)(F)F)c1)C(=O)N1CCN(c2ccccc2C(=O)N2CCN(O)CC2)CC1. The minimum atomic E-state index is -4.88. The van der Waals surface area contributed by atoms with Crippen molar-refractivity contribution >= 4 is 34.7 Å². The van der Waals surface area contributed by atoms with Crippen LogP contribution in [0.3, 0.4) is 0 Å². The third-order valence-electron chi connectivity index (χ3n) is 10.1. The number of likely N-dealkylation sites (tertiary alicyclic amines) is 1. The summed E-state index contributed by atoms with van der Waals surface area (Å²) >= 11 is 0.385. The number of hydrogen-bond donors (Lipinski definition) is 1. The van der Waals surface area contributed by atoms with Crippen LogP contribution < -0.4 is 9.64 Å². The summed E-state index contributed by atoms with van der Waals surface area (Å²) in [5.41, 5.74) is -2.72. The normalized spacial score (nSPS) is 21.7. The summed E-state index contributed by atoms with van der Waals surface area (Å²) < 4.78 is 89.5. The average molecular weight is 783 g/mol. The Balaban J connectivity index is 1.31. The number of carbonyl (C=O) groups excluding carboxylic acids is 3. The number of piperazine rings is 2. The van der Waals surface area contributed by atoms with Crippen molar-refractivity contribution in [2.24, 2.45) is 0 Å². The van der Waals surface area contributed by atoms with E-state index in [0.717, 1.165) is 28.9 Å². The number of halogens is 6. The van der Waals surface area contributed by atoms with Crippen molar-refractivity contribution in [3.05, 3.63) is 75.7 Å². The molecule has 0 aliphatic carbocycles. The molecule has 18 heteroatoms. The Morgan fingerprint density at radius 2 is 1.57 bits per heavy atom. The van der Waals surface area contributed by atoms with Gasteiger partial charge in [0.15, 0.2) is 0 Å². The highest BCUT2D eigenvalue weighted by atomic mass is 32.1. The quantitative estimate of drug-likeness (QED) is 0.282. The van der Waals surface area contributed by atoms with Gasteiger partial charge in [0, 0.05) is 94.9 Å². The molecule has 3 fully saturated rings. The van der Waals surface area contributed by atoms with Gasteiger partial charge in [-0.25, -0.2) is 0 Å². The Hall–Kier alpha value is -4.42. The molecule has 11 nitrogen and oxygen atoms in total. The number of alkyl halides is 6. The number of para-hydroxylation sites is 1. The summed E-state index contributed by atoms with van der Waals surface area (Å²) in [6.07, 6.45) is -7.21. The summed E-state index contributed by atoms with van der Waals surface area (Å²) in [5.74, 6) is -2.04. The topological polar surface area (TPSA) is 110 Å². The zero-order valence-corrected chi connectivity index (χ0v) is 30.2. The summed E-state index contributed by atoms with van der Waals surface area (Å²) in [5, 5.41) is 12.0. The number of ether oxygens (including phenoxy) is 1. The maximum Gasteiger partial charge on any atom is 0.425 e. The van der Waals surface area contributed by atoms with Gasteiger partial charge in [-0.15, -0.1) is 11.3 Å². The van der Waals surface area contributed by atoms with Crippen LogP contribution in [0, 0.1) is 0 Å². The molecule has 0 spiro atoms. The van der Waals surface area contributed by atoms with Crippen molar-refractivity contribution in [1.29, 1.82) is 0 Å². The maximum absolute atomic E-state index is 14.9. The van der Waals surface area contributed by atoms with Gasteiger partial charge in [-0.05, 0) is 31.0 Å². The lowest BCUT2D eigenvalue weighted by Crippen LogP contribution is -2.69. The van der Waals surface area contributed by atoms with Crippen LogP contribution in [-0.2, 0) is 17.1 Å². The average Bonchev–Trinajstić information content (AvgIpc) is 3.64. The number of rotatable bonds is 8. The first-order chi connectivity index (χ1) is 25.6. The fourth-order valence-corrected chi connectivity index (χ4v) is 8.20. The van der Waals surface area contributed by atoms with E-state index in [0.29, 0.717) is 61.3 Å². The maximum atomic E-state index is 14.9. The molecule has 3 aliphatic rings. The van der Waals surface area contributed by atoms with Gasteiger partial charge in [-0.2, -0.15) is 31.4 Å². The molecule has 292 valence electrons. The van der Waals surface area contributed by atoms with Gasteiger partial charge in [0.25, 0.3) is 17.7 Å². The molecule has 0 saturated carbocycles. The van der Waals surface area contributed by atoms with Crippen molar-refractivity contribution in [3.63, 3.8) is 0 Å². The number of piperidine rings is 1. The van der Waals surface area contributed by atoms with Gasteiger partial charge < -0.3 is 29.5 Å². The fraction of sp³-hybridized carbons (Fsp3) is 0.500. The minimum Gasteiger partial charge on any atom is -0.474 e. The van der Waals surface area contributed by atoms with Crippen LogP contribution in [0.4, 0.5) is 32.0 Å². The Morgan fingerprint density at radius 1 is 0.889 bits per heavy atom. The second-order valence-electron chi connectivity index (χ2n) is 13.5. The fourth-order valence-electron chi connectivity index (χ4n) is 7.52. The van der Waals surface area contributed by atoms with Crippen LogP contribution >= 0.6 is 11.3 Å². The molecule has 2 aromatic heterocycles. The second-order valence-corrected chi connectivity index (χ2v) is 14.4. The number of amides is 3. The van der Waals surface area contributed by atoms with Crippen molar-refractivity contribution in [3.8, 4) is 5.75 Å². The largest absolute Gasteiger partial charge is 0.474 e. The molecule has 3 aromatic rings. The zero-order valence-electron chi connectivity index (χ0n) is 29.4. The van der Waals surface area contributed by atoms with Gasteiger partial charge in [0.2, 0.25) is 5.60 Å². The van der Waals surface area contributed by atoms with E-state index in [1.165, 1.54) is 9.80 Å². The lowest BCUT2D eigenvalue weighted by Gasteiger charge is -2.51. The highest BCUT2D eigenvalue weighted by Gasteiger charge is 2.56. The van der Waals surface area contributed by atoms with Gasteiger partial charge in [0.05, 0.1) is 22.7 Å². The number of aromatic nitrogens is 1. The molecule has 0 unspecified atom stereocenters. The minimum absolute atomic E-state index is 0.00466. The highest BCUT2D eigenvalue weighted by molar-refractivity contribution is 7.10. The molecule has 0 bridgehead atoms. The number of hydrogen-bond acceptors (Lipinski definition) is 9. The molecule has 6 rings (SSSR count). The predicted molar refractivity (Wildman–Crippen MR) is 185 cm³/mol. The number of hydroxylamine groups is 2. The van der Waals surface area contributed by atoms with Crippen LogP contribution in [0.15, 0.2) is 54.2 Å². The smallest absolute Gasteiger partial charge is 0.425 e. The number of carbonyl (C=O) groups is 3. The predicted octanol–water partition coefficient (Wildman–Crippen LogP) is 5.90. The molecule has 3 saturated heterocycles. The molecule has 1 N–H and O–H groups in total. The van der Waals surface area contributed by atoms with E-state index in [1.54, 1.807) is 30.0 Å². The Labute approximate surface area is 311 Å². The van der Waals surface area contributed by atoms with Crippen LogP contribution in [0.1, 0.15) is 63.8 Å². The van der Waals surface area contributed by atoms with E-state index in [1.807, 2.05) is 11.0 Å². The third-order valence-corrected chi connectivity index (χ3v) is 11.1. The van der Waals surface area contributed by atoms with E-state index >= 15 is 0 Å². The number of nitrogens with zero attached hydrogens (tertiary/aromatic N) is 6. The number of benzene rings is 1. The lowest BCUT2D eigenvalue weighted by atomic mass is 9.79. The van der Waals surface area contributed by atoms with Crippen molar-refractivity contribution in [1.82, 2.24) is 24.7 Å². The summed E-state index contributed by atoms with van der Waals surface area (Å²) in [4.78, 5) is 51.6. The molecule has 3 aliphatic heterocycles. The van der Waals surface area contributed by atoms with Gasteiger partial charge in [-0.3, -0.25) is 19.4 Å². The monoisotopic (exact) mass is 782 g/mol. The molecule has 5 heterocycles. The first kappa shape index (κ1) is 39.3. The lowest BCUT2D eigenvalue weighted by molar-refractivity contribution is -0.159. The molecule has 1 aromatic carbocycles. The van der Waals surface area contributed by atoms with Gasteiger partial charge in [-0.1, -0.05) is 25.5 Å². The van der Waals surface area contributed by atoms with E-state index < -0.39 is 51.8 Å². The summed E-state index contributed by atoms with van der Waals surface area (Å²) in [6, 6.07) is 7.42. The third kappa shape index (κ3) is 8.00. The van der Waals surface area contributed by atoms with Crippen LogP contribution in [-0.4, -0.2) is 118 Å². The number of pyridine rings is 1. The molecular weight excluding hydrogens is 742 g/mol. The second kappa shape index (κ2) is 15.7. The summed E-state index contributed by atoms with van der Waals surface area (Å²) in [6.45, 7) is 3.88. The van der Waals surface area contributed by atoms with Crippen LogP contribution in [0.5, 0.6) is 5.75 Å². The Morgan fingerprint density at radius 3 is 2.22 bits per heavy atom. The van der Waals surface area contributed by atoms with Crippen LogP contribution in [0.2, 0.25) is 0 Å². The molecule has 54 heavy (non-hydrogen) atoms. The van der Waals surface area contributed by atoms with E-state index in [-0.39, 0.29) is 63.6 Å². The number of anilines is 1. The standard InChI is InChI=1S/C36H40F6N6O5S/c1-2-6-29-34(53-24-21-30(54-23-24)36(40,41)42,10-5-12-48(29)32(50)26-22-43-11-9-27(26)35(37,38)39)33(51)46-15-13-44(14-16-46)28-8-4-3-7-25(28)31(49)45-17-19-47(52)20-18-45/h3-4,7-9,11,21-23,29,52H,2,5-6,10,12-20H2,1H3/t29-,34+/m1/s1. The van der Waals surface area contributed by atoms with Crippen LogP contribution in [0.25, 0.3) is 0 Å². The van der Waals surface area contributed by atoms with Crippen molar-refractivity contribution in [2.75, 3.05) is 63.8 Å². The Bertz CT molecular complexity index is 1830. The molecule has 2 atom stereocenters. The molecular formula is C36H40F6N6O5S. The summed E-state index contributed by atoms with van der Waals surface area (Å²) in [7, 11) is 0. The van der Waals surface area contributed by atoms with Crippen molar-refractivity contribution < 1.29 is 50.7 Å². The Kier molecular flexibility index (Phi) is 11.5. The first-order valence-electron chi connectivity index (χ1n) is 17.7. The highest BCUT2D eigenvalue weighted by Crippen LogP contribution is 2.43. The van der Waals surface area contributed by atoms with E-state index in [4.69, 9.17) is 4.74 Å². The molecule has 0 radical (unpaired) electrons. The van der Waals surface area contributed by atoms with E-state index in [9.17, 15) is 45.9 Å². The molecule has 3 amide bonds. The van der Waals surface area contributed by atoms with Gasteiger partial charge >= 0.3 is 12.4 Å². The zero-order chi connectivity index (χ0) is 38.8. The first-order valence-corrected chi connectivity index (χ1v) is 18.6. The number of thiophene rings is 1. The van der Waals surface area contributed by atoms with Crippen molar-refractivity contribution in [2.45, 2.75) is 56.6 Å². The van der Waals surface area contributed by atoms with Gasteiger partial charge in [0.1, 0.15) is 10.6 Å². The van der Waals surface area contributed by atoms with E-state index in [2.05, 4.69) is 4.98 Å².